The molecule has 0 saturated carbocycles. The second-order valence-corrected chi connectivity index (χ2v) is 8.16. The molecule has 0 bridgehead atoms. The Morgan fingerprint density at radius 2 is 2.33 bits per heavy atom. The zero-order valence-corrected chi connectivity index (χ0v) is 12.6. The van der Waals surface area contributed by atoms with E-state index in [0.29, 0.717) is 6.04 Å². The van der Waals surface area contributed by atoms with Crippen LogP contribution in [0.4, 0.5) is 0 Å². The standard InChI is InChI=1S/C10H16ClN3O2S2/c1-7-5-8(3-4-14(7)2)13-18(15,16)9-6-12-10(11)17-9/h6-8,13H,3-5H2,1-2H3. The van der Waals surface area contributed by atoms with Crippen molar-refractivity contribution in [2.45, 2.75) is 36.1 Å². The zero-order chi connectivity index (χ0) is 13.3. The first-order valence-electron chi connectivity index (χ1n) is 5.72. The van der Waals surface area contributed by atoms with Crippen LogP contribution in [0.25, 0.3) is 0 Å². The van der Waals surface area contributed by atoms with E-state index >= 15 is 0 Å². The van der Waals surface area contributed by atoms with Crippen molar-refractivity contribution >= 4 is 33.0 Å². The van der Waals surface area contributed by atoms with E-state index in [4.69, 9.17) is 11.6 Å². The molecule has 5 nitrogen and oxygen atoms in total. The largest absolute Gasteiger partial charge is 0.304 e. The van der Waals surface area contributed by atoms with Crippen molar-refractivity contribution < 1.29 is 8.42 Å². The number of rotatable bonds is 3. The lowest BCUT2D eigenvalue weighted by molar-refractivity contribution is 0.178. The van der Waals surface area contributed by atoms with Crippen LogP contribution in [-0.2, 0) is 10.0 Å². The minimum absolute atomic E-state index is 0.0120. The number of hydrogen-bond donors (Lipinski definition) is 1. The number of hydrogen-bond acceptors (Lipinski definition) is 5. The summed E-state index contributed by atoms with van der Waals surface area (Å²) in [6.07, 6.45) is 2.95. The molecule has 0 aliphatic carbocycles. The quantitative estimate of drug-likeness (QED) is 0.920. The Hall–Kier alpha value is -0.210. The zero-order valence-electron chi connectivity index (χ0n) is 10.3. The molecule has 2 rings (SSSR count). The number of halogens is 1. The molecule has 1 aliphatic heterocycles. The Morgan fingerprint density at radius 3 is 2.89 bits per heavy atom. The predicted octanol–water partition coefficient (Wildman–Crippen LogP) is 1.56. The minimum atomic E-state index is -3.48. The lowest BCUT2D eigenvalue weighted by Crippen LogP contribution is -2.47. The van der Waals surface area contributed by atoms with E-state index in [9.17, 15) is 8.42 Å². The third-order valence-electron chi connectivity index (χ3n) is 3.25. The summed E-state index contributed by atoms with van der Waals surface area (Å²) in [4.78, 5) is 5.99. The molecule has 2 unspecified atom stereocenters. The molecular formula is C10H16ClN3O2S2. The number of likely N-dealkylation sites (tertiary alicyclic amines) is 1. The Kier molecular flexibility index (Phi) is 4.28. The summed E-state index contributed by atoms with van der Waals surface area (Å²) in [5, 5.41) is 0. The number of nitrogens with zero attached hydrogens (tertiary/aromatic N) is 2. The number of nitrogens with one attached hydrogen (secondary N) is 1. The van der Waals surface area contributed by atoms with Crippen molar-refractivity contribution in [2.24, 2.45) is 0 Å². The molecular weight excluding hydrogens is 294 g/mol. The normalized spacial score (nSPS) is 26.4. The van der Waals surface area contributed by atoms with Crippen LogP contribution in [0.2, 0.25) is 4.47 Å². The summed E-state index contributed by atoms with van der Waals surface area (Å²) in [5.41, 5.74) is 0. The fourth-order valence-electron chi connectivity index (χ4n) is 2.04. The van der Waals surface area contributed by atoms with Gasteiger partial charge in [0.05, 0.1) is 6.20 Å². The van der Waals surface area contributed by atoms with Gasteiger partial charge in [-0.15, -0.1) is 0 Å². The van der Waals surface area contributed by atoms with E-state index in [-0.39, 0.29) is 14.7 Å². The van der Waals surface area contributed by atoms with Crippen LogP contribution < -0.4 is 4.72 Å². The second-order valence-electron chi connectivity index (χ2n) is 4.60. The van der Waals surface area contributed by atoms with Gasteiger partial charge in [0.2, 0.25) is 0 Å². The first-order valence-corrected chi connectivity index (χ1v) is 8.40. The summed E-state index contributed by atoms with van der Waals surface area (Å²) in [6.45, 7) is 3.00. The molecule has 0 spiro atoms. The van der Waals surface area contributed by atoms with Gasteiger partial charge in [-0.05, 0) is 33.4 Å². The van der Waals surface area contributed by atoms with Gasteiger partial charge in [0.15, 0.2) is 8.68 Å². The van der Waals surface area contributed by atoms with Gasteiger partial charge in [-0.2, -0.15) is 0 Å². The molecule has 102 valence electrons. The lowest BCUT2D eigenvalue weighted by atomic mass is 10.0. The molecule has 0 amide bonds. The van der Waals surface area contributed by atoms with E-state index in [2.05, 4.69) is 28.6 Å². The predicted molar refractivity (Wildman–Crippen MR) is 72.6 cm³/mol. The van der Waals surface area contributed by atoms with Crippen LogP contribution in [0.3, 0.4) is 0 Å². The van der Waals surface area contributed by atoms with Gasteiger partial charge in [0.1, 0.15) is 0 Å². The van der Waals surface area contributed by atoms with Gasteiger partial charge in [0, 0.05) is 12.1 Å². The molecule has 1 aromatic rings. The Morgan fingerprint density at radius 1 is 1.61 bits per heavy atom. The van der Waals surface area contributed by atoms with Crippen LogP contribution in [0.5, 0.6) is 0 Å². The molecule has 0 aromatic carbocycles. The second kappa shape index (κ2) is 5.42. The first kappa shape index (κ1) is 14.2. The average molecular weight is 310 g/mol. The minimum Gasteiger partial charge on any atom is -0.304 e. The summed E-state index contributed by atoms with van der Waals surface area (Å²) >= 11 is 6.64. The molecule has 0 radical (unpaired) electrons. The van der Waals surface area contributed by atoms with Crippen molar-refractivity contribution in [3.8, 4) is 0 Å². The molecule has 1 saturated heterocycles. The highest BCUT2D eigenvalue weighted by Gasteiger charge is 2.28. The third-order valence-corrected chi connectivity index (χ3v) is 6.35. The van der Waals surface area contributed by atoms with E-state index < -0.39 is 10.0 Å². The van der Waals surface area contributed by atoms with E-state index in [1.807, 2.05) is 0 Å². The molecule has 1 fully saturated rings. The topological polar surface area (TPSA) is 62.3 Å². The number of aromatic nitrogens is 1. The number of piperidine rings is 1. The van der Waals surface area contributed by atoms with Gasteiger partial charge < -0.3 is 4.90 Å². The fourth-order valence-corrected chi connectivity index (χ4v) is 4.63. The van der Waals surface area contributed by atoms with Crippen LogP contribution in [0.1, 0.15) is 19.8 Å². The molecule has 1 aromatic heterocycles. The van der Waals surface area contributed by atoms with Crippen LogP contribution in [-0.4, -0.2) is 44.0 Å². The first-order chi connectivity index (χ1) is 8.38. The maximum atomic E-state index is 12.1. The lowest BCUT2D eigenvalue weighted by Gasteiger charge is -2.34. The summed E-state index contributed by atoms with van der Waals surface area (Å²) in [7, 11) is -1.42. The number of thiazole rings is 1. The smallest absolute Gasteiger partial charge is 0.251 e. The molecule has 18 heavy (non-hydrogen) atoms. The molecule has 1 N–H and O–H groups in total. The highest BCUT2D eigenvalue weighted by molar-refractivity contribution is 7.91. The van der Waals surface area contributed by atoms with Crippen molar-refractivity contribution in [2.75, 3.05) is 13.6 Å². The van der Waals surface area contributed by atoms with Gasteiger partial charge in [-0.25, -0.2) is 18.1 Å². The third kappa shape index (κ3) is 3.21. The Balaban J connectivity index is 2.05. The van der Waals surface area contributed by atoms with Gasteiger partial charge in [-0.3, -0.25) is 0 Å². The maximum absolute atomic E-state index is 12.1. The Bertz CT molecular complexity index is 517. The average Bonchev–Trinajstić information content (AvgIpc) is 2.71. The van der Waals surface area contributed by atoms with Gasteiger partial charge in [-0.1, -0.05) is 22.9 Å². The molecule has 2 heterocycles. The summed E-state index contributed by atoms with van der Waals surface area (Å²) in [6, 6.07) is 0.374. The summed E-state index contributed by atoms with van der Waals surface area (Å²) < 4.78 is 27.3. The molecule has 2 atom stereocenters. The van der Waals surface area contributed by atoms with Gasteiger partial charge in [0.25, 0.3) is 10.0 Å². The monoisotopic (exact) mass is 309 g/mol. The SMILES string of the molecule is CC1CC(NS(=O)(=O)c2cnc(Cl)s2)CCN1C. The van der Waals surface area contributed by atoms with Gasteiger partial charge >= 0.3 is 0 Å². The van der Waals surface area contributed by atoms with Crippen molar-refractivity contribution in [1.29, 1.82) is 0 Å². The molecule has 1 aliphatic rings. The van der Waals surface area contributed by atoms with Crippen LogP contribution in [0, 0.1) is 0 Å². The summed E-state index contributed by atoms with van der Waals surface area (Å²) in [5.74, 6) is 0. The van der Waals surface area contributed by atoms with Crippen molar-refractivity contribution in [3.63, 3.8) is 0 Å². The Labute approximate surface area is 116 Å². The van der Waals surface area contributed by atoms with Crippen LogP contribution >= 0.6 is 22.9 Å². The fraction of sp³-hybridized carbons (Fsp3) is 0.700. The highest BCUT2D eigenvalue weighted by atomic mass is 35.5. The number of sulfonamides is 1. The van der Waals surface area contributed by atoms with E-state index in [0.717, 1.165) is 30.7 Å². The van der Waals surface area contributed by atoms with Crippen molar-refractivity contribution in [1.82, 2.24) is 14.6 Å². The maximum Gasteiger partial charge on any atom is 0.251 e. The van der Waals surface area contributed by atoms with E-state index in [1.54, 1.807) is 0 Å². The van der Waals surface area contributed by atoms with Crippen LogP contribution in [0.15, 0.2) is 10.4 Å². The highest BCUT2D eigenvalue weighted by Crippen LogP contribution is 2.24. The van der Waals surface area contributed by atoms with E-state index in [1.165, 1.54) is 6.20 Å². The van der Waals surface area contributed by atoms with Crippen molar-refractivity contribution in [3.05, 3.63) is 10.7 Å². The molecule has 8 heteroatoms.